The van der Waals surface area contributed by atoms with Gasteiger partial charge >= 0.3 is 6.03 Å². The van der Waals surface area contributed by atoms with Crippen molar-refractivity contribution in [2.75, 3.05) is 26.2 Å². The third-order valence-electron chi connectivity index (χ3n) is 4.32. The molecule has 1 heterocycles. The number of carbonyl (C=O) groups is 2. The summed E-state index contributed by atoms with van der Waals surface area (Å²) in [5.74, 6) is -1.31. The van der Waals surface area contributed by atoms with Crippen LogP contribution in [0.4, 0.5) is 13.6 Å². The smallest absolute Gasteiger partial charge is 0.317 e. The topological polar surface area (TPSA) is 52.7 Å². The van der Waals surface area contributed by atoms with E-state index in [2.05, 4.69) is 21.2 Å². The second kappa shape index (κ2) is 8.47. The lowest BCUT2D eigenvalue weighted by Crippen LogP contribution is -2.53. The second-order valence-electron chi connectivity index (χ2n) is 6.20. The maximum atomic E-state index is 13.8. The Morgan fingerprint density at radius 1 is 1.00 bits per heavy atom. The van der Waals surface area contributed by atoms with Crippen LogP contribution in [0, 0.1) is 11.6 Å². The van der Waals surface area contributed by atoms with Crippen molar-refractivity contribution >= 4 is 27.9 Å². The fourth-order valence-corrected chi connectivity index (χ4v) is 3.43. The maximum Gasteiger partial charge on any atom is 0.317 e. The number of rotatable bonds is 3. The van der Waals surface area contributed by atoms with Gasteiger partial charge in [0.15, 0.2) is 0 Å². The first-order valence-electron chi connectivity index (χ1n) is 8.45. The van der Waals surface area contributed by atoms with E-state index < -0.39 is 5.82 Å². The lowest BCUT2D eigenvalue weighted by molar-refractivity contribution is 0.0660. The molecular weight excluding hydrogens is 420 g/mol. The quantitative estimate of drug-likeness (QED) is 0.799. The highest BCUT2D eigenvalue weighted by molar-refractivity contribution is 9.10. The zero-order valence-corrected chi connectivity index (χ0v) is 16.0. The molecule has 142 valence electrons. The van der Waals surface area contributed by atoms with Crippen molar-refractivity contribution in [1.29, 1.82) is 0 Å². The third kappa shape index (κ3) is 4.82. The van der Waals surface area contributed by atoms with Gasteiger partial charge in [0.2, 0.25) is 0 Å². The van der Waals surface area contributed by atoms with E-state index in [-0.39, 0.29) is 29.9 Å². The SMILES string of the molecule is O=C(NCc1cc(F)cc(Br)c1)N1CCN(C(=O)c2ccccc2F)CC1. The Morgan fingerprint density at radius 3 is 2.33 bits per heavy atom. The van der Waals surface area contributed by atoms with Crippen molar-refractivity contribution < 1.29 is 18.4 Å². The van der Waals surface area contributed by atoms with Gasteiger partial charge in [0.25, 0.3) is 5.91 Å². The summed E-state index contributed by atoms with van der Waals surface area (Å²) >= 11 is 3.21. The van der Waals surface area contributed by atoms with E-state index in [1.54, 1.807) is 17.0 Å². The molecule has 0 saturated carbocycles. The number of amides is 3. The number of halogens is 3. The molecule has 0 spiro atoms. The van der Waals surface area contributed by atoms with Crippen LogP contribution in [0.2, 0.25) is 0 Å². The largest absolute Gasteiger partial charge is 0.335 e. The number of carbonyl (C=O) groups excluding carboxylic acids is 2. The molecule has 1 saturated heterocycles. The standard InChI is InChI=1S/C19H18BrF2N3O2/c20-14-9-13(10-15(21)11-14)12-23-19(27)25-7-5-24(6-8-25)18(26)16-3-1-2-4-17(16)22/h1-4,9-11H,5-8,12H2,(H,23,27). The first-order valence-corrected chi connectivity index (χ1v) is 9.25. The van der Waals surface area contributed by atoms with Crippen LogP contribution in [0.25, 0.3) is 0 Å². The van der Waals surface area contributed by atoms with Gasteiger partial charge in [-0.25, -0.2) is 13.6 Å². The van der Waals surface area contributed by atoms with Crippen molar-refractivity contribution in [1.82, 2.24) is 15.1 Å². The van der Waals surface area contributed by atoms with Crippen LogP contribution in [0.15, 0.2) is 46.9 Å². The van der Waals surface area contributed by atoms with Gasteiger partial charge in [0.1, 0.15) is 11.6 Å². The average molecular weight is 438 g/mol. The van der Waals surface area contributed by atoms with E-state index in [0.29, 0.717) is 36.2 Å². The number of benzene rings is 2. The fraction of sp³-hybridized carbons (Fsp3) is 0.263. The molecule has 8 heteroatoms. The van der Waals surface area contributed by atoms with Gasteiger partial charge in [-0.2, -0.15) is 0 Å². The Bertz CT molecular complexity index is 834. The van der Waals surface area contributed by atoms with E-state index in [4.69, 9.17) is 0 Å². The van der Waals surface area contributed by atoms with E-state index >= 15 is 0 Å². The Hall–Kier alpha value is -2.48. The summed E-state index contributed by atoms with van der Waals surface area (Å²) in [5, 5.41) is 2.74. The second-order valence-corrected chi connectivity index (χ2v) is 7.11. The summed E-state index contributed by atoms with van der Waals surface area (Å²) in [6, 6.07) is 10.0. The number of hydrogen-bond acceptors (Lipinski definition) is 2. The molecule has 1 fully saturated rings. The van der Waals surface area contributed by atoms with Crippen LogP contribution in [0.5, 0.6) is 0 Å². The molecule has 3 amide bonds. The van der Waals surface area contributed by atoms with Crippen LogP contribution in [0.1, 0.15) is 15.9 Å². The Morgan fingerprint density at radius 2 is 1.67 bits per heavy atom. The summed E-state index contributed by atoms with van der Waals surface area (Å²) in [6.45, 7) is 1.54. The highest BCUT2D eigenvalue weighted by atomic mass is 79.9. The highest BCUT2D eigenvalue weighted by Crippen LogP contribution is 2.15. The van der Waals surface area contributed by atoms with Crippen molar-refractivity contribution in [3.63, 3.8) is 0 Å². The minimum Gasteiger partial charge on any atom is -0.335 e. The molecule has 2 aromatic rings. The van der Waals surface area contributed by atoms with Gasteiger partial charge in [0, 0.05) is 37.2 Å². The van der Waals surface area contributed by atoms with Gasteiger partial charge in [-0.1, -0.05) is 28.1 Å². The summed E-state index contributed by atoms with van der Waals surface area (Å²) < 4.78 is 27.7. The number of nitrogens with zero attached hydrogens (tertiary/aromatic N) is 2. The Kier molecular flexibility index (Phi) is 6.05. The molecule has 1 aliphatic heterocycles. The monoisotopic (exact) mass is 437 g/mol. The summed E-state index contributed by atoms with van der Waals surface area (Å²) in [4.78, 5) is 27.8. The van der Waals surface area contributed by atoms with Crippen LogP contribution >= 0.6 is 15.9 Å². The summed E-state index contributed by atoms with van der Waals surface area (Å²) in [5.41, 5.74) is 0.677. The molecule has 27 heavy (non-hydrogen) atoms. The summed E-state index contributed by atoms with van der Waals surface area (Å²) in [6.07, 6.45) is 0. The molecule has 0 bridgehead atoms. The van der Waals surface area contributed by atoms with E-state index in [1.807, 2.05) is 0 Å². The predicted octanol–water partition coefficient (Wildman–Crippen LogP) is 3.39. The first-order chi connectivity index (χ1) is 12.9. The molecule has 1 aliphatic rings. The molecule has 0 radical (unpaired) electrons. The Labute approximate surface area is 164 Å². The van der Waals surface area contributed by atoms with Crippen molar-refractivity contribution in [2.24, 2.45) is 0 Å². The number of hydrogen-bond donors (Lipinski definition) is 1. The van der Waals surface area contributed by atoms with E-state index in [0.717, 1.165) is 0 Å². The molecule has 5 nitrogen and oxygen atoms in total. The fourth-order valence-electron chi connectivity index (χ4n) is 2.92. The van der Waals surface area contributed by atoms with Gasteiger partial charge < -0.3 is 15.1 Å². The molecule has 0 aliphatic carbocycles. The molecule has 0 unspecified atom stereocenters. The minimum absolute atomic E-state index is 0.0343. The van der Waals surface area contributed by atoms with Gasteiger partial charge in [-0.05, 0) is 35.9 Å². The normalized spacial score (nSPS) is 14.2. The van der Waals surface area contributed by atoms with Crippen LogP contribution in [-0.4, -0.2) is 47.9 Å². The van der Waals surface area contributed by atoms with E-state index in [9.17, 15) is 18.4 Å². The highest BCUT2D eigenvalue weighted by Gasteiger charge is 2.26. The molecule has 2 aromatic carbocycles. The Balaban J connectivity index is 1.52. The van der Waals surface area contributed by atoms with Crippen molar-refractivity contribution in [3.05, 3.63) is 69.7 Å². The number of nitrogens with one attached hydrogen (secondary N) is 1. The molecule has 3 rings (SSSR count). The molecular formula is C19H18BrF2N3O2. The minimum atomic E-state index is -0.552. The predicted molar refractivity (Wildman–Crippen MR) is 100 cm³/mol. The lowest BCUT2D eigenvalue weighted by Gasteiger charge is -2.34. The lowest BCUT2D eigenvalue weighted by atomic mass is 10.1. The maximum absolute atomic E-state index is 13.8. The van der Waals surface area contributed by atoms with Crippen molar-refractivity contribution in [2.45, 2.75) is 6.54 Å². The molecule has 0 atom stereocenters. The van der Waals surface area contributed by atoms with Crippen molar-refractivity contribution in [3.8, 4) is 0 Å². The zero-order chi connectivity index (χ0) is 19.4. The van der Waals surface area contributed by atoms with Crippen LogP contribution < -0.4 is 5.32 Å². The summed E-state index contributed by atoms with van der Waals surface area (Å²) in [7, 11) is 0. The molecule has 1 N–H and O–H groups in total. The molecule has 0 aromatic heterocycles. The van der Waals surface area contributed by atoms with Gasteiger partial charge in [-0.3, -0.25) is 4.79 Å². The van der Waals surface area contributed by atoms with Crippen LogP contribution in [0.3, 0.4) is 0 Å². The number of urea groups is 1. The number of piperazine rings is 1. The van der Waals surface area contributed by atoms with E-state index in [1.165, 1.54) is 35.2 Å². The van der Waals surface area contributed by atoms with Crippen LogP contribution in [-0.2, 0) is 6.54 Å². The first kappa shape index (κ1) is 19.3. The zero-order valence-electron chi connectivity index (χ0n) is 14.4. The van der Waals surface area contributed by atoms with Gasteiger partial charge in [-0.15, -0.1) is 0 Å². The average Bonchev–Trinajstić information content (AvgIpc) is 2.65. The van der Waals surface area contributed by atoms with Gasteiger partial charge in [0.05, 0.1) is 5.56 Å². The third-order valence-corrected chi connectivity index (χ3v) is 4.78.